The molecule has 7 atom stereocenters. The van der Waals surface area contributed by atoms with Crippen molar-refractivity contribution in [2.24, 2.45) is 17.8 Å². The summed E-state index contributed by atoms with van der Waals surface area (Å²) in [5.41, 5.74) is 0.387. The highest BCUT2D eigenvalue weighted by atomic mass is 32.1. The van der Waals surface area contributed by atoms with Gasteiger partial charge in [-0.25, -0.2) is 14.6 Å². The van der Waals surface area contributed by atoms with Gasteiger partial charge in [-0.15, -0.1) is 11.3 Å². The second-order valence-corrected chi connectivity index (χ2v) is 20.7. The van der Waals surface area contributed by atoms with Gasteiger partial charge in [-0.05, 0) is 115 Å². The first kappa shape index (κ1) is 58.5. The van der Waals surface area contributed by atoms with Gasteiger partial charge in [0, 0.05) is 50.1 Å². The number of alkyl carbamates (subject to hydrolysis) is 1. The number of carboxylic acids is 1. The SMILES string of the molecule is CCCOC(CC(C(C)C)N(CCC)C(=O)C(NC(=O)C1CCCCN1C)C(C)CC)c1nc(C(=O)NC(Cc2ccc(OC(=O)NCCCCNC(=O)OC(C)(C)C)cc2)CC(C)C(=O)O)cs1. The number of aliphatic carboxylic acids is 1. The third-order valence-electron chi connectivity index (χ3n) is 12.3. The molecule has 1 aromatic heterocycles. The van der Waals surface area contributed by atoms with E-state index in [0.29, 0.717) is 62.7 Å². The van der Waals surface area contributed by atoms with Crippen LogP contribution in [-0.2, 0) is 30.3 Å². The van der Waals surface area contributed by atoms with E-state index >= 15 is 0 Å². The summed E-state index contributed by atoms with van der Waals surface area (Å²) in [6, 6.07) is 5.01. The number of ether oxygens (including phenoxy) is 3. The van der Waals surface area contributed by atoms with Crippen molar-refractivity contribution in [1.82, 2.24) is 36.1 Å². The number of aromatic nitrogens is 1. The monoisotopic (exact) mass is 986 g/mol. The van der Waals surface area contributed by atoms with E-state index in [4.69, 9.17) is 19.2 Å². The van der Waals surface area contributed by atoms with Gasteiger partial charge in [-0.3, -0.25) is 24.1 Å². The van der Waals surface area contributed by atoms with E-state index in [-0.39, 0.29) is 47.8 Å². The quantitative estimate of drug-likeness (QED) is 0.0511. The van der Waals surface area contributed by atoms with Crippen molar-refractivity contribution in [3.63, 3.8) is 0 Å². The van der Waals surface area contributed by atoms with Crippen LogP contribution in [0.1, 0.15) is 161 Å². The molecular weight excluding hydrogens is 903 g/mol. The number of piperidine rings is 1. The number of hydrogen-bond acceptors (Lipinski definition) is 12. The number of benzene rings is 1. The zero-order valence-electron chi connectivity index (χ0n) is 43.2. The highest BCUT2D eigenvalue weighted by Gasteiger charge is 2.38. The van der Waals surface area contributed by atoms with Gasteiger partial charge in [0.05, 0.1) is 12.0 Å². The lowest BCUT2D eigenvalue weighted by molar-refractivity contribution is -0.143. The summed E-state index contributed by atoms with van der Waals surface area (Å²) in [7, 11) is 1.97. The number of carboxylic acid groups (broad SMARTS) is 1. The maximum Gasteiger partial charge on any atom is 0.412 e. The molecule has 17 nitrogen and oxygen atoms in total. The van der Waals surface area contributed by atoms with Crippen LogP contribution in [0, 0.1) is 17.8 Å². The lowest BCUT2D eigenvalue weighted by Crippen LogP contribution is -2.58. The van der Waals surface area contributed by atoms with Crippen LogP contribution in [0.25, 0.3) is 0 Å². The van der Waals surface area contributed by atoms with E-state index in [2.05, 4.69) is 40.0 Å². The first-order valence-corrected chi connectivity index (χ1v) is 26.0. The van der Waals surface area contributed by atoms with Gasteiger partial charge in [0.25, 0.3) is 5.91 Å². The number of carbonyl (C=O) groups excluding carboxylic acids is 5. The van der Waals surface area contributed by atoms with Crippen molar-refractivity contribution >= 4 is 47.2 Å². The van der Waals surface area contributed by atoms with E-state index in [1.54, 1.807) is 57.3 Å². The van der Waals surface area contributed by atoms with Crippen molar-refractivity contribution in [3.8, 4) is 5.75 Å². The van der Waals surface area contributed by atoms with Crippen molar-refractivity contribution in [1.29, 1.82) is 0 Å². The molecule has 1 aromatic carbocycles. The zero-order valence-corrected chi connectivity index (χ0v) is 44.0. The molecule has 18 heteroatoms. The van der Waals surface area contributed by atoms with Crippen LogP contribution in [0.4, 0.5) is 9.59 Å². The molecule has 0 saturated carbocycles. The van der Waals surface area contributed by atoms with E-state index < -0.39 is 53.8 Å². The minimum atomic E-state index is -0.986. The first-order chi connectivity index (χ1) is 32.7. The summed E-state index contributed by atoms with van der Waals surface area (Å²) in [4.78, 5) is 87.4. The van der Waals surface area contributed by atoms with Gasteiger partial charge >= 0.3 is 18.2 Å². The van der Waals surface area contributed by atoms with E-state index in [9.17, 15) is 33.9 Å². The number of nitrogens with one attached hydrogen (secondary N) is 4. The maximum atomic E-state index is 14.7. The van der Waals surface area contributed by atoms with Crippen LogP contribution in [0.15, 0.2) is 29.6 Å². The number of nitrogens with zero attached hydrogens (tertiary/aromatic N) is 3. The Morgan fingerprint density at radius 2 is 1.58 bits per heavy atom. The molecule has 1 aliphatic heterocycles. The van der Waals surface area contributed by atoms with Crippen molar-refractivity contribution in [2.75, 3.05) is 39.8 Å². The molecule has 7 unspecified atom stereocenters. The largest absolute Gasteiger partial charge is 0.481 e. The number of carbonyl (C=O) groups is 6. The Bertz CT molecular complexity index is 1920. The molecule has 5 amide bonds. The lowest BCUT2D eigenvalue weighted by Gasteiger charge is -2.40. The summed E-state index contributed by atoms with van der Waals surface area (Å²) in [5.74, 6) is -2.15. The molecule has 1 saturated heterocycles. The number of likely N-dealkylation sites (tertiary alicyclic amines) is 1. The predicted octanol–water partition coefficient (Wildman–Crippen LogP) is 8.12. The van der Waals surface area contributed by atoms with Crippen LogP contribution in [0.3, 0.4) is 0 Å². The number of rotatable bonds is 28. The number of amides is 5. The molecule has 3 rings (SSSR count). The van der Waals surface area contributed by atoms with Gasteiger partial charge < -0.3 is 45.5 Å². The van der Waals surface area contributed by atoms with Gasteiger partial charge in [0.1, 0.15) is 34.2 Å². The van der Waals surface area contributed by atoms with Gasteiger partial charge in [-0.2, -0.15) is 0 Å². The van der Waals surface area contributed by atoms with E-state index in [1.165, 1.54) is 11.3 Å². The molecule has 0 bridgehead atoms. The highest BCUT2D eigenvalue weighted by Crippen LogP contribution is 2.32. The highest BCUT2D eigenvalue weighted by molar-refractivity contribution is 7.09. The molecule has 0 spiro atoms. The fourth-order valence-corrected chi connectivity index (χ4v) is 9.12. The molecule has 1 fully saturated rings. The molecule has 2 heterocycles. The Morgan fingerprint density at radius 3 is 2.16 bits per heavy atom. The normalized spacial score (nSPS) is 16.8. The summed E-state index contributed by atoms with van der Waals surface area (Å²) in [5, 5.41) is 23.7. The van der Waals surface area contributed by atoms with Gasteiger partial charge in [0.15, 0.2) is 0 Å². The Kier molecular flexibility index (Phi) is 24.9. The Labute approximate surface area is 414 Å². The standard InChI is InChI=1S/C51H83N7O10S/c1-12-26-58(47(61)43(34(6)14-3)56-45(60)40-19-15-18-27-57(40)11)41(33(4)5)31-42(66-28-13-2)46-55-39(32-69-46)44(59)54-37(29-35(7)48(62)63)30-36-20-22-38(23-21-36)67-49(64)52-24-16-17-25-53-50(65)68-51(8,9)10/h20-23,32-35,37,40-43H,12-19,24-31H2,1-11H3,(H,52,64)(H,53,65)(H,54,59)(H,56,60)(H,62,63). The summed E-state index contributed by atoms with van der Waals surface area (Å²) < 4.78 is 17.1. The molecule has 0 aliphatic carbocycles. The minimum absolute atomic E-state index is 0.0287. The molecule has 1 aliphatic rings. The summed E-state index contributed by atoms with van der Waals surface area (Å²) in [6.45, 7) is 21.8. The van der Waals surface area contributed by atoms with Crippen LogP contribution < -0.4 is 26.0 Å². The van der Waals surface area contributed by atoms with Crippen LogP contribution in [0.2, 0.25) is 0 Å². The Hall–Kier alpha value is -4.81. The average molecular weight is 986 g/mol. The second-order valence-electron chi connectivity index (χ2n) is 19.8. The van der Waals surface area contributed by atoms with Crippen LogP contribution >= 0.6 is 11.3 Å². The van der Waals surface area contributed by atoms with Gasteiger partial charge in [-0.1, -0.05) is 73.4 Å². The number of thiazole rings is 1. The second kappa shape index (κ2) is 29.4. The summed E-state index contributed by atoms with van der Waals surface area (Å²) in [6.07, 6.45) is 5.46. The summed E-state index contributed by atoms with van der Waals surface area (Å²) >= 11 is 1.31. The fraction of sp³-hybridized carbons (Fsp3) is 0.706. The predicted molar refractivity (Wildman–Crippen MR) is 268 cm³/mol. The zero-order chi connectivity index (χ0) is 51.3. The molecular formula is C51H83N7O10S. The van der Waals surface area contributed by atoms with Crippen LogP contribution in [-0.4, -0.2) is 125 Å². The topological polar surface area (TPSA) is 218 Å². The van der Waals surface area contributed by atoms with Crippen molar-refractivity contribution in [2.45, 2.75) is 176 Å². The van der Waals surface area contributed by atoms with Gasteiger partial charge in [0.2, 0.25) is 11.8 Å². The third-order valence-corrected chi connectivity index (χ3v) is 13.3. The average Bonchev–Trinajstić information content (AvgIpc) is 3.79. The minimum Gasteiger partial charge on any atom is -0.481 e. The molecule has 69 heavy (non-hydrogen) atoms. The van der Waals surface area contributed by atoms with Crippen molar-refractivity contribution < 1.29 is 48.1 Å². The Morgan fingerprint density at radius 1 is 0.913 bits per heavy atom. The molecule has 2 aromatic rings. The van der Waals surface area contributed by atoms with E-state index in [0.717, 1.165) is 50.6 Å². The molecule has 388 valence electrons. The van der Waals surface area contributed by atoms with E-state index in [1.807, 2.05) is 39.6 Å². The molecule has 5 N–H and O–H groups in total. The number of likely N-dealkylation sites (N-methyl/N-ethyl adjacent to an activating group) is 1. The third kappa shape index (κ3) is 20.2. The molecule has 0 radical (unpaired) electrons. The lowest BCUT2D eigenvalue weighted by atomic mass is 9.92. The first-order valence-electron chi connectivity index (χ1n) is 25.1. The van der Waals surface area contributed by atoms with Crippen LogP contribution in [0.5, 0.6) is 5.75 Å². The number of unbranched alkanes of at least 4 members (excludes halogenated alkanes) is 1. The Balaban J connectivity index is 1.72. The fourth-order valence-electron chi connectivity index (χ4n) is 8.26. The van der Waals surface area contributed by atoms with Crippen molar-refractivity contribution in [3.05, 3.63) is 45.9 Å². The smallest absolute Gasteiger partial charge is 0.412 e. The maximum absolute atomic E-state index is 14.7. The number of hydrogen-bond donors (Lipinski definition) is 5.